The predicted octanol–water partition coefficient (Wildman–Crippen LogP) is 4.23. The fourth-order valence-corrected chi connectivity index (χ4v) is 1.57. The molecular formula is C15H19ClO. The summed E-state index contributed by atoms with van der Waals surface area (Å²) in [6.45, 7) is 4.28. The van der Waals surface area contributed by atoms with Crippen molar-refractivity contribution >= 4 is 11.6 Å². The number of halogens is 1. The molecule has 1 aromatic carbocycles. The Balaban J connectivity index is 2.59. The maximum Gasteiger partial charge on any atom is 0.119 e. The number of ether oxygens (including phenoxy) is 1. The summed E-state index contributed by atoms with van der Waals surface area (Å²) in [6, 6.07) is 7.92. The maximum absolute atomic E-state index is 5.82. The topological polar surface area (TPSA) is 9.23 Å². The summed E-state index contributed by atoms with van der Waals surface area (Å²) in [7, 11) is 0. The van der Waals surface area contributed by atoms with E-state index in [0.717, 1.165) is 30.6 Å². The van der Waals surface area contributed by atoms with E-state index < -0.39 is 0 Å². The summed E-state index contributed by atoms with van der Waals surface area (Å²) in [5.74, 6) is 7.58. The van der Waals surface area contributed by atoms with Crippen molar-refractivity contribution in [2.24, 2.45) is 0 Å². The Morgan fingerprint density at radius 1 is 1.18 bits per heavy atom. The van der Waals surface area contributed by atoms with Gasteiger partial charge in [-0.1, -0.05) is 25.7 Å². The van der Waals surface area contributed by atoms with Gasteiger partial charge in [-0.15, -0.1) is 11.6 Å². The molecule has 0 amide bonds. The van der Waals surface area contributed by atoms with Crippen LogP contribution >= 0.6 is 11.6 Å². The third kappa shape index (κ3) is 5.15. The molecule has 0 spiro atoms. The molecule has 0 unspecified atom stereocenters. The van der Waals surface area contributed by atoms with Gasteiger partial charge >= 0.3 is 0 Å². The highest BCUT2D eigenvalue weighted by molar-refractivity contribution is 6.18. The van der Waals surface area contributed by atoms with E-state index in [0.29, 0.717) is 12.0 Å². The zero-order valence-electron chi connectivity index (χ0n) is 10.5. The molecule has 0 aromatic heterocycles. The molecule has 0 fully saturated rings. The molecule has 2 heteroatoms. The molecule has 1 nitrogen and oxygen atoms in total. The second kappa shape index (κ2) is 8.03. The van der Waals surface area contributed by atoms with Gasteiger partial charge in [0.2, 0.25) is 0 Å². The van der Waals surface area contributed by atoms with Gasteiger partial charge in [0.05, 0.1) is 6.10 Å². The van der Waals surface area contributed by atoms with Crippen molar-refractivity contribution in [3.63, 3.8) is 0 Å². The highest BCUT2D eigenvalue weighted by atomic mass is 35.5. The van der Waals surface area contributed by atoms with E-state index in [1.54, 1.807) is 0 Å². The second-order valence-electron chi connectivity index (χ2n) is 3.82. The van der Waals surface area contributed by atoms with Gasteiger partial charge in [-0.3, -0.25) is 0 Å². The first-order valence-electron chi connectivity index (χ1n) is 6.11. The summed E-state index contributed by atoms with van der Waals surface area (Å²) in [4.78, 5) is 0. The summed E-state index contributed by atoms with van der Waals surface area (Å²) < 4.78 is 5.82. The Labute approximate surface area is 109 Å². The van der Waals surface area contributed by atoms with Gasteiger partial charge in [-0.05, 0) is 37.1 Å². The minimum Gasteiger partial charge on any atom is -0.490 e. The third-order valence-corrected chi connectivity index (χ3v) is 2.71. The molecule has 0 aliphatic carbocycles. The molecule has 0 saturated carbocycles. The molecule has 0 saturated heterocycles. The van der Waals surface area contributed by atoms with E-state index in [1.807, 2.05) is 24.3 Å². The van der Waals surface area contributed by atoms with E-state index in [1.165, 1.54) is 0 Å². The molecule has 1 aromatic rings. The van der Waals surface area contributed by atoms with Crippen LogP contribution in [0.15, 0.2) is 24.3 Å². The van der Waals surface area contributed by atoms with Crippen LogP contribution < -0.4 is 4.74 Å². The van der Waals surface area contributed by atoms with Crippen molar-refractivity contribution in [1.29, 1.82) is 0 Å². The average Bonchev–Trinajstić information content (AvgIpc) is 2.38. The van der Waals surface area contributed by atoms with Crippen molar-refractivity contribution < 1.29 is 4.74 Å². The number of benzene rings is 1. The highest BCUT2D eigenvalue weighted by Gasteiger charge is 2.04. The van der Waals surface area contributed by atoms with Gasteiger partial charge in [-0.2, -0.15) is 0 Å². The number of rotatable bonds is 5. The van der Waals surface area contributed by atoms with Gasteiger partial charge in [0.25, 0.3) is 0 Å². The zero-order valence-corrected chi connectivity index (χ0v) is 11.3. The Kier molecular flexibility index (Phi) is 6.58. The van der Waals surface area contributed by atoms with Gasteiger partial charge in [-0.25, -0.2) is 0 Å². The van der Waals surface area contributed by atoms with Crippen molar-refractivity contribution in [2.45, 2.75) is 39.2 Å². The summed E-state index contributed by atoms with van der Waals surface area (Å²) in [6.07, 6.45) is 3.11. The molecule has 17 heavy (non-hydrogen) atoms. The molecule has 0 N–H and O–H groups in total. The van der Waals surface area contributed by atoms with Crippen LogP contribution in [0.25, 0.3) is 0 Å². The van der Waals surface area contributed by atoms with Crippen molar-refractivity contribution in [2.75, 3.05) is 5.88 Å². The standard InChI is InChI=1S/C15H19ClO/c1-3-14(4-2)17-15-10-8-13(9-11-15)7-5-6-12-16/h8-11,14H,3-4,6,12H2,1-2H3. The SMILES string of the molecule is CCC(CC)Oc1ccc(C#CCCCl)cc1. The van der Waals surface area contributed by atoms with Gasteiger partial charge in [0.1, 0.15) is 5.75 Å². The van der Waals surface area contributed by atoms with Crippen LogP contribution in [-0.2, 0) is 0 Å². The molecule has 0 radical (unpaired) electrons. The maximum atomic E-state index is 5.82. The Morgan fingerprint density at radius 2 is 1.82 bits per heavy atom. The largest absolute Gasteiger partial charge is 0.490 e. The molecular weight excluding hydrogens is 232 g/mol. The predicted molar refractivity (Wildman–Crippen MR) is 73.7 cm³/mol. The van der Waals surface area contributed by atoms with Crippen molar-refractivity contribution in [3.05, 3.63) is 29.8 Å². The smallest absolute Gasteiger partial charge is 0.119 e. The lowest BCUT2D eigenvalue weighted by molar-refractivity contribution is 0.193. The summed E-state index contributed by atoms with van der Waals surface area (Å²) in [5.41, 5.74) is 1.01. The minimum atomic E-state index is 0.309. The minimum absolute atomic E-state index is 0.309. The number of hydrogen-bond donors (Lipinski definition) is 0. The molecule has 92 valence electrons. The van der Waals surface area contributed by atoms with Crippen LogP contribution in [0.4, 0.5) is 0 Å². The van der Waals surface area contributed by atoms with Crippen LogP contribution in [0.1, 0.15) is 38.7 Å². The van der Waals surface area contributed by atoms with E-state index in [9.17, 15) is 0 Å². The van der Waals surface area contributed by atoms with Crippen LogP contribution in [0, 0.1) is 11.8 Å². The second-order valence-corrected chi connectivity index (χ2v) is 4.20. The van der Waals surface area contributed by atoms with Gasteiger partial charge in [0, 0.05) is 17.9 Å². The van der Waals surface area contributed by atoms with Gasteiger partial charge < -0.3 is 4.74 Å². The first-order valence-corrected chi connectivity index (χ1v) is 6.65. The lowest BCUT2D eigenvalue weighted by atomic mass is 10.2. The van der Waals surface area contributed by atoms with Crippen LogP contribution in [-0.4, -0.2) is 12.0 Å². The monoisotopic (exact) mass is 250 g/mol. The molecule has 1 rings (SSSR count). The number of alkyl halides is 1. The molecule has 0 aliphatic heterocycles. The van der Waals surface area contributed by atoms with Crippen molar-refractivity contribution in [3.8, 4) is 17.6 Å². The summed E-state index contributed by atoms with van der Waals surface area (Å²) >= 11 is 5.56. The third-order valence-electron chi connectivity index (χ3n) is 2.52. The first-order chi connectivity index (χ1) is 8.30. The van der Waals surface area contributed by atoms with Crippen LogP contribution in [0.3, 0.4) is 0 Å². The average molecular weight is 251 g/mol. The number of hydrogen-bond acceptors (Lipinski definition) is 1. The highest BCUT2D eigenvalue weighted by Crippen LogP contribution is 2.15. The normalized spacial score (nSPS) is 9.88. The Morgan fingerprint density at radius 3 is 2.35 bits per heavy atom. The van der Waals surface area contributed by atoms with Crippen LogP contribution in [0.5, 0.6) is 5.75 Å². The van der Waals surface area contributed by atoms with Gasteiger partial charge in [0.15, 0.2) is 0 Å². The Hall–Kier alpha value is -1.13. The quantitative estimate of drug-likeness (QED) is 0.561. The molecule has 0 bridgehead atoms. The van der Waals surface area contributed by atoms with Crippen molar-refractivity contribution in [1.82, 2.24) is 0 Å². The molecule has 0 atom stereocenters. The van der Waals surface area contributed by atoms with E-state index in [-0.39, 0.29) is 0 Å². The zero-order chi connectivity index (χ0) is 12.5. The molecule has 0 heterocycles. The lowest BCUT2D eigenvalue weighted by Crippen LogP contribution is -2.13. The van der Waals surface area contributed by atoms with E-state index >= 15 is 0 Å². The summed E-state index contributed by atoms with van der Waals surface area (Å²) in [5, 5.41) is 0. The Bertz CT molecular complexity index is 368. The fraction of sp³-hybridized carbons (Fsp3) is 0.467. The molecule has 0 aliphatic rings. The lowest BCUT2D eigenvalue weighted by Gasteiger charge is -2.15. The first kappa shape index (κ1) is 13.9. The fourth-order valence-electron chi connectivity index (χ4n) is 1.48. The van der Waals surface area contributed by atoms with E-state index in [2.05, 4.69) is 25.7 Å². The van der Waals surface area contributed by atoms with E-state index in [4.69, 9.17) is 16.3 Å². The van der Waals surface area contributed by atoms with Crippen LogP contribution in [0.2, 0.25) is 0 Å².